The highest BCUT2D eigenvalue weighted by Crippen LogP contribution is 2.24. The molecule has 1 aromatic carbocycles. The van der Waals surface area contributed by atoms with Crippen molar-refractivity contribution < 1.29 is 9.18 Å². The summed E-state index contributed by atoms with van der Waals surface area (Å²) >= 11 is 5.04. The first kappa shape index (κ1) is 14.5. The lowest BCUT2D eigenvalue weighted by Gasteiger charge is -2.25. The van der Waals surface area contributed by atoms with Crippen LogP contribution in [0.25, 0.3) is 6.08 Å². The Morgan fingerprint density at radius 3 is 3.10 bits per heavy atom. The Bertz CT molecular complexity index is 710. The van der Waals surface area contributed by atoms with Gasteiger partial charge in [-0.1, -0.05) is 15.9 Å². The fourth-order valence-corrected chi connectivity index (χ4v) is 3.61. The number of rotatable bonds is 2. The van der Waals surface area contributed by atoms with E-state index in [9.17, 15) is 9.18 Å². The third-order valence-electron chi connectivity index (χ3n) is 3.48. The number of hydrogen-bond acceptors (Lipinski definition) is 2. The van der Waals surface area contributed by atoms with Crippen LogP contribution in [-0.2, 0) is 17.8 Å². The van der Waals surface area contributed by atoms with Crippen molar-refractivity contribution in [2.75, 3.05) is 6.54 Å². The minimum Gasteiger partial charge on any atom is -0.334 e. The summed E-state index contributed by atoms with van der Waals surface area (Å²) in [7, 11) is 0. The molecular formula is C16H13BrFNOS. The predicted molar refractivity (Wildman–Crippen MR) is 86.6 cm³/mol. The van der Waals surface area contributed by atoms with Crippen LogP contribution in [0.4, 0.5) is 4.39 Å². The van der Waals surface area contributed by atoms with Gasteiger partial charge in [-0.15, -0.1) is 11.3 Å². The maximum atomic E-state index is 13.6. The van der Waals surface area contributed by atoms with E-state index in [1.54, 1.807) is 28.4 Å². The summed E-state index contributed by atoms with van der Waals surface area (Å²) in [4.78, 5) is 15.4. The minimum absolute atomic E-state index is 0.0776. The summed E-state index contributed by atoms with van der Waals surface area (Å²) in [6.07, 6.45) is 3.88. The second kappa shape index (κ2) is 6.12. The highest BCUT2D eigenvalue weighted by atomic mass is 79.9. The van der Waals surface area contributed by atoms with E-state index in [-0.39, 0.29) is 11.7 Å². The molecule has 1 aromatic heterocycles. The number of carbonyl (C=O) groups excluding carboxylic acids is 1. The van der Waals surface area contributed by atoms with Gasteiger partial charge in [0, 0.05) is 34.1 Å². The Hall–Kier alpha value is -1.46. The average Bonchev–Trinajstić information content (AvgIpc) is 2.95. The van der Waals surface area contributed by atoms with E-state index in [4.69, 9.17) is 0 Å². The van der Waals surface area contributed by atoms with Gasteiger partial charge in [-0.05, 0) is 47.7 Å². The average molecular weight is 366 g/mol. The predicted octanol–water partition coefficient (Wildman–Crippen LogP) is 4.25. The van der Waals surface area contributed by atoms with Crippen LogP contribution in [0.5, 0.6) is 0 Å². The molecule has 5 heteroatoms. The Kier molecular flexibility index (Phi) is 4.22. The second-order valence-corrected chi connectivity index (χ2v) is 6.79. The van der Waals surface area contributed by atoms with Crippen molar-refractivity contribution in [3.63, 3.8) is 0 Å². The maximum Gasteiger partial charge on any atom is 0.246 e. The van der Waals surface area contributed by atoms with Crippen molar-refractivity contribution in [1.82, 2.24) is 4.90 Å². The third-order valence-corrected chi connectivity index (χ3v) is 5.00. The molecule has 0 atom stereocenters. The molecular weight excluding hydrogens is 353 g/mol. The standard InChI is InChI=1S/C16H13BrFNOS/c17-13-2-3-14(18)11(9-13)1-4-16(20)19-7-5-15-12(10-19)6-8-21-15/h1-4,6,8-9H,5,7,10H2/b4-1+. The van der Waals surface area contributed by atoms with E-state index < -0.39 is 0 Å². The molecule has 3 rings (SSSR count). The second-order valence-electron chi connectivity index (χ2n) is 4.88. The lowest BCUT2D eigenvalue weighted by molar-refractivity contribution is -0.126. The zero-order valence-electron chi connectivity index (χ0n) is 11.2. The molecule has 0 N–H and O–H groups in total. The van der Waals surface area contributed by atoms with Gasteiger partial charge in [0.05, 0.1) is 0 Å². The molecule has 21 heavy (non-hydrogen) atoms. The van der Waals surface area contributed by atoms with Gasteiger partial charge in [0.25, 0.3) is 0 Å². The highest BCUT2D eigenvalue weighted by Gasteiger charge is 2.19. The monoisotopic (exact) mass is 365 g/mol. The molecule has 0 saturated heterocycles. The van der Waals surface area contributed by atoms with Crippen molar-refractivity contribution in [3.05, 3.63) is 62.0 Å². The smallest absolute Gasteiger partial charge is 0.246 e. The third kappa shape index (κ3) is 3.24. The van der Waals surface area contributed by atoms with Crippen LogP contribution in [0.15, 0.2) is 40.2 Å². The molecule has 108 valence electrons. The number of amides is 1. The molecule has 0 bridgehead atoms. The van der Waals surface area contributed by atoms with Gasteiger partial charge in [0.15, 0.2) is 0 Å². The molecule has 2 heterocycles. The Morgan fingerprint density at radius 1 is 1.38 bits per heavy atom. The Balaban J connectivity index is 1.72. The maximum absolute atomic E-state index is 13.6. The van der Waals surface area contributed by atoms with Gasteiger partial charge in [-0.3, -0.25) is 4.79 Å². The van der Waals surface area contributed by atoms with Crippen LogP contribution in [-0.4, -0.2) is 17.4 Å². The van der Waals surface area contributed by atoms with Gasteiger partial charge in [-0.2, -0.15) is 0 Å². The summed E-state index contributed by atoms with van der Waals surface area (Å²) in [6.45, 7) is 1.36. The molecule has 1 aliphatic rings. The number of carbonyl (C=O) groups is 1. The van der Waals surface area contributed by atoms with E-state index in [0.717, 1.165) is 17.4 Å². The van der Waals surface area contributed by atoms with Gasteiger partial charge in [0.2, 0.25) is 5.91 Å². The quantitative estimate of drug-likeness (QED) is 0.728. The number of hydrogen-bond donors (Lipinski definition) is 0. The Labute approximate surface area is 135 Å². The SMILES string of the molecule is O=C(/C=C/c1cc(Br)ccc1F)N1CCc2sccc2C1. The van der Waals surface area contributed by atoms with E-state index >= 15 is 0 Å². The normalized spacial score (nSPS) is 14.5. The lowest BCUT2D eigenvalue weighted by Crippen LogP contribution is -2.34. The first-order valence-corrected chi connectivity index (χ1v) is 8.28. The Morgan fingerprint density at radius 2 is 2.24 bits per heavy atom. The molecule has 2 aromatic rings. The van der Waals surface area contributed by atoms with Crippen molar-refractivity contribution >= 4 is 39.2 Å². The van der Waals surface area contributed by atoms with E-state index in [1.165, 1.54) is 28.7 Å². The number of benzene rings is 1. The van der Waals surface area contributed by atoms with Crippen molar-refractivity contribution in [1.29, 1.82) is 0 Å². The highest BCUT2D eigenvalue weighted by molar-refractivity contribution is 9.10. The van der Waals surface area contributed by atoms with Crippen LogP contribution in [0, 0.1) is 5.82 Å². The number of thiophene rings is 1. The topological polar surface area (TPSA) is 20.3 Å². The lowest BCUT2D eigenvalue weighted by atomic mass is 10.1. The van der Waals surface area contributed by atoms with Crippen LogP contribution < -0.4 is 0 Å². The molecule has 1 amide bonds. The van der Waals surface area contributed by atoms with Crippen molar-refractivity contribution in [2.24, 2.45) is 0 Å². The summed E-state index contributed by atoms with van der Waals surface area (Å²) in [5, 5.41) is 2.06. The fourth-order valence-electron chi connectivity index (χ4n) is 2.35. The van der Waals surface area contributed by atoms with E-state index in [0.29, 0.717) is 12.1 Å². The van der Waals surface area contributed by atoms with Crippen molar-refractivity contribution in [2.45, 2.75) is 13.0 Å². The molecule has 0 aliphatic carbocycles. The summed E-state index contributed by atoms with van der Waals surface area (Å²) in [5.74, 6) is -0.410. The zero-order valence-corrected chi connectivity index (χ0v) is 13.6. The van der Waals surface area contributed by atoms with E-state index in [1.807, 2.05) is 0 Å². The molecule has 0 radical (unpaired) electrons. The van der Waals surface area contributed by atoms with Crippen LogP contribution in [0.1, 0.15) is 16.0 Å². The molecule has 0 fully saturated rings. The summed E-state index contributed by atoms with van der Waals surface area (Å²) in [6, 6.07) is 6.74. The fraction of sp³-hybridized carbons (Fsp3) is 0.188. The minimum atomic E-state index is -0.332. The van der Waals surface area contributed by atoms with Gasteiger partial charge >= 0.3 is 0 Å². The van der Waals surface area contributed by atoms with Gasteiger partial charge in [-0.25, -0.2) is 4.39 Å². The van der Waals surface area contributed by atoms with Gasteiger partial charge in [0.1, 0.15) is 5.82 Å². The zero-order chi connectivity index (χ0) is 14.8. The summed E-state index contributed by atoms with van der Waals surface area (Å²) in [5.41, 5.74) is 1.63. The largest absolute Gasteiger partial charge is 0.334 e. The van der Waals surface area contributed by atoms with E-state index in [2.05, 4.69) is 27.4 Å². The molecule has 0 spiro atoms. The molecule has 0 unspecified atom stereocenters. The molecule has 2 nitrogen and oxygen atoms in total. The molecule has 1 aliphatic heterocycles. The van der Waals surface area contributed by atoms with Gasteiger partial charge < -0.3 is 4.90 Å². The van der Waals surface area contributed by atoms with Crippen LogP contribution in [0.3, 0.4) is 0 Å². The van der Waals surface area contributed by atoms with Crippen molar-refractivity contribution in [3.8, 4) is 0 Å². The number of fused-ring (bicyclic) bond motifs is 1. The molecule has 0 saturated carbocycles. The number of nitrogens with zero attached hydrogens (tertiary/aromatic N) is 1. The first-order valence-electron chi connectivity index (χ1n) is 6.61. The number of halogens is 2. The first-order chi connectivity index (χ1) is 10.1. The van der Waals surface area contributed by atoms with Crippen LogP contribution >= 0.6 is 27.3 Å². The summed E-state index contributed by atoms with van der Waals surface area (Å²) < 4.78 is 14.4. The van der Waals surface area contributed by atoms with Crippen LogP contribution in [0.2, 0.25) is 0 Å².